The third kappa shape index (κ3) is 3.97. The predicted molar refractivity (Wildman–Crippen MR) is 86.0 cm³/mol. The number of hydrogen-bond acceptors (Lipinski definition) is 4. The molecule has 1 fully saturated rings. The third-order valence-corrected chi connectivity index (χ3v) is 6.32. The molecule has 3 unspecified atom stereocenters. The first-order valence-electron chi connectivity index (χ1n) is 7.19. The van der Waals surface area contributed by atoms with Crippen LogP contribution >= 0.6 is 23.1 Å². The zero-order valence-electron chi connectivity index (χ0n) is 11.8. The van der Waals surface area contributed by atoms with Crippen LogP contribution in [0.5, 0.6) is 0 Å². The molecular weight excluding hydrogens is 274 g/mol. The van der Waals surface area contributed by atoms with E-state index in [-0.39, 0.29) is 11.9 Å². The van der Waals surface area contributed by atoms with Crippen molar-refractivity contribution in [3.8, 4) is 0 Å². The first-order valence-corrected chi connectivity index (χ1v) is 9.36. The van der Waals surface area contributed by atoms with Gasteiger partial charge in [0, 0.05) is 22.2 Å². The number of thiophene rings is 1. The number of aliphatic hydroxyl groups is 1. The molecule has 0 amide bonds. The van der Waals surface area contributed by atoms with E-state index in [1.54, 1.807) is 11.8 Å². The lowest BCUT2D eigenvalue weighted by Gasteiger charge is -2.30. The summed E-state index contributed by atoms with van der Waals surface area (Å²) in [6.45, 7) is 2.45. The van der Waals surface area contributed by atoms with Gasteiger partial charge in [-0.2, -0.15) is 11.8 Å². The first kappa shape index (κ1) is 15.4. The summed E-state index contributed by atoms with van der Waals surface area (Å²) in [5.41, 5.74) is 0. The van der Waals surface area contributed by atoms with Gasteiger partial charge in [-0.1, -0.05) is 18.9 Å². The van der Waals surface area contributed by atoms with Crippen molar-refractivity contribution in [2.75, 3.05) is 12.9 Å². The summed E-state index contributed by atoms with van der Waals surface area (Å²) in [7, 11) is 0. The summed E-state index contributed by atoms with van der Waals surface area (Å²) in [6, 6.07) is 5.21. The van der Waals surface area contributed by atoms with Crippen LogP contribution in [0.2, 0.25) is 0 Å². The maximum absolute atomic E-state index is 9.45. The van der Waals surface area contributed by atoms with Gasteiger partial charge in [0.05, 0.1) is 6.61 Å². The van der Waals surface area contributed by atoms with E-state index in [0.29, 0.717) is 12.1 Å². The van der Waals surface area contributed by atoms with E-state index in [9.17, 15) is 5.11 Å². The average Bonchev–Trinajstić information content (AvgIpc) is 3.11. The normalized spacial score (nSPS) is 21.4. The zero-order valence-corrected chi connectivity index (χ0v) is 13.5. The van der Waals surface area contributed by atoms with Gasteiger partial charge >= 0.3 is 0 Å². The largest absolute Gasteiger partial charge is 0.395 e. The number of aliphatic hydroxyl groups excluding tert-OH is 1. The van der Waals surface area contributed by atoms with Gasteiger partial charge in [0.25, 0.3) is 0 Å². The fraction of sp³-hybridized carbons (Fsp3) is 0.733. The van der Waals surface area contributed by atoms with Crippen molar-refractivity contribution in [1.29, 1.82) is 0 Å². The van der Waals surface area contributed by atoms with Gasteiger partial charge in [0.2, 0.25) is 0 Å². The second kappa shape index (κ2) is 7.67. The van der Waals surface area contributed by atoms with Crippen molar-refractivity contribution in [1.82, 2.24) is 5.32 Å². The van der Waals surface area contributed by atoms with Crippen LogP contribution in [-0.2, 0) is 0 Å². The topological polar surface area (TPSA) is 32.3 Å². The Bertz CT molecular complexity index is 345. The minimum Gasteiger partial charge on any atom is -0.395 e. The molecule has 4 heteroatoms. The van der Waals surface area contributed by atoms with Crippen LogP contribution in [0, 0.1) is 5.92 Å². The summed E-state index contributed by atoms with van der Waals surface area (Å²) >= 11 is 3.61. The summed E-state index contributed by atoms with van der Waals surface area (Å²) in [4.78, 5) is 1.46. The van der Waals surface area contributed by atoms with Crippen LogP contribution in [0.4, 0.5) is 0 Å². The first-order chi connectivity index (χ1) is 9.26. The molecule has 1 aliphatic carbocycles. The molecule has 1 aromatic rings. The quantitative estimate of drug-likeness (QED) is 0.805. The minimum atomic E-state index is 0.247. The van der Waals surface area contributed by atoms with E-state index in [1.807, 2.05) is 11.3 Å². The van der Waals surface area contributed by atoms with Crippen molar-refractivity contribution in [3.05, 3.63) is 22.4 Å². The molecule has 1 aliphatic rings. The second-order valence-electron chi connectivity index (χ2n) is 5.45. The lowest BCUT2D eigenvalue weighted by atomic mass is 9.95. The molecular formula is C15H25NOS2. The Balaban J connectivity index is 2.05. The third-order valence-electron chi connectivity index (χ3n) is 4.20. The van der Waals surface area contributed by atoms with E-state index in [2.05, 4.69) is 36.0 Å². The van der Waals surface area contributed by atoms with Crippen LogP contribution in [-0.4, -0.2) is 29.3 Å². The van der Waals surface area contributed by atoms with Crippen LogP contribution in [0.1, 0.15) is 43.5 Å². The van der Waals surface area contributed by atoms with Gasteiger partial charge in [0.15, 0.2) is 0 Å². The van der Waals surface area contributed by atoms with Crippen molar-refractivity contribution >= 4 is 23.1 Å². The molecule has 2 N–H and O–H groups in total. The molecule has 2 nitrogen and oxygen atoms in total. The van der Waals surface area contributed by atoms with Crippen LogP contribution in [0.15, 0.2) is 17.5 Å². The van der Waals surface area contributed by atoms with E-state index in [1.165, 1.54) is 30.6 Å². The summed E-state index contributed by atoms with van der Waals surface area (Å²) in [5.74, 6) is 0.766. The highest BCUT2D eigenvalue weighted by Crippen LogP contribution is 2.38. The lowest BCUT2D eigenvalue weighted by Crippen LogP contribution is -2.41. The lowest BCUT2D eigenvalue weighted by molar-refractivity contribution is 0.258. The predicted octanol–water partition coefficient (Wildman–Crippen LogP) is 3.68. The number of nitrogens with one attached hydrogen (secondary N) is 1. The van der Waals surface area contributed by atoms with Crippen molar-refractivity contribution in [3.63, 3.8) is 0 Å². The molecule has 0 bridgehead atoms. The smallest absolute Gasteiger partial charge is 0.0564 e. The molecule has 2 rings (SSSR count). The van der Waals surface area contributed by atoms with Gasteiger partial charge in [0.1, 0.15) is 0 Å². The molecule has 1 aromatic heterocycles. The maximum Gasteiger partial charge on any atom is 0.0564 e. The molecule has 0 spiro atoms. The van der Waals surface area contributed by atoms with Crippen LogP contribution in [0.25, 0.3) is 0 Å². The molecule has 108 valence electrons. The Labute approximate surface area is 125 Å². The van der Waals surface area contributed by atoms with E-state index in [0.717, 1.165) is 5.92 Å². The van der Waals surface area contributed by atoms with Gasteiger partial charge in [-0.25, -0.2) is 0 Å². The molecule has 19 heavy (non-hydrogen) atoms. The Morgan fingerprint density at radius 1 is 1.47 bits per heavy atom. The summed E-state index contributed by atoms with van der Waals surface area (Å²) in [6.07, 6.45) is 7.49. The fourth-order valence-corrected chi connectivity index (χ4v) is 4.55. The number of thioether (sulfide) groups is 1. The zero-order chi connectivity index (χ0) is 13.7. The monoisotopic (exact) mass is 299 g/mol. The molecule has 0 aliphatic heterocycles. The van der Waals surface area contributed by atoms with Crippen molar-refractivity contribution in [2.45, 2.75) is 49.9 Å². The fourth-order valence-electron chi connectivity index (χ4n) is 3.04. The highest BCUT2D eigenvalue weighted by molar-refractivity contribution is 7.99. The van der Waals surface area contributed by atoms with E-state index >= 15 is 0 Å². The van der Waals surface area contributed by atoms with Gasteiger partial charge in [-0.15, -0.1) is 11.3 Å². The van der Waals surface area contributed by atoms with E-state index < -0.39 is 0 Å². The molecule has 1 heterocycles. The van der Waals surface area contributed by atoms with Gasteiger partial charge < -0.3 is 10.4 Å². The summed E-state index contributed by atoms with van der Waals surface area (Å²) in [5, 5.41) is 15.7. The Hall–Kier alpha value is -0.0300. The number of rotatable bonds is 7. The summed E-state index contributed by atoms with van der Waals surface area (Å²) < 4.78 is 0. The second-order valence-corrected chi connectivity index (χ2v) is 7.51. The molecule has 0 saturated heterocycles. The van der Waals surface area contributed by atoms with E-state index in [4.69, 9.17) is 0 Å². The average molecular weight is 300 g/mol. The molecule has 0 aromatic carbocycles. The Morgan fingerprint density at radius 2 is 2.21 bits per heavy atom. The van der Waals surface area contributed by atoms with Crippen LogP contribution < -0.4 is 5.32 Å². The highest BCUT2D eigenvalue weighted by Gasteiger charge is 2.29. The highest BCUT2D eigenvalue weighted by atomic mass is 32.2. The standard InChI is InChI=1S/C15H25NOS2/c1-11(14(10-17)18-2)16-15(12-6-3-4-7-12)13-8-5-9-19-13/h5,8-9,11-12,14-17H,3-4,6-7,10H2,1-2H3. The molecule has 3 atom stereocenters. The Morgan fingerprint density at radius 3 is 2.74 bits per heavy atom. The van der Waals surface area contributed by atoms with Gasteiger partial charge in [-0.05, 0) is 43.4 Å². The minimum absolute atomic E-state index is 0.247. The maximum atomic E-state index is 9.45. The van der Waals surface area contributed by atoms with Crippen LogP contribution in [0.3, 0.4) is 0 Å². The SMILES string of the molecule is CSC(CO)C(C)NC(c1cccs1)C1CCCC1. The Kier molecular flexibility index (Phi) is 6.20. The van der Waals surface area contributed by atoms with Crippen molar-refractivity contribution < 1.29 is 5.11 Å². The number of hydrogen-bond donors (Lipinski definition) is 2. The van der Waals surface area contributed by atoms with Crippen molar-refractivity contribution in [2.24, 2.45) is 5.92 Å². The molecule has 0 radical (unpaired) electrons. The van der Waals surface area contributed by atoms with Gasteiger partial charge in [-0.3, -0.25) is 0 Å². The molecule has 1 saturated carbocycles.